The number of aliphatic hydroxyl groups is 1. The summed E-state index contributed by atoms with van der Waals surface area (Å²) in [6, 6.07) is 5.56. The molecule has 3 heterocycles. The number of carbonyl (C=O) groups is 2. The maximum absolute atomic E-state index is 14.8. The van der Waals surface area contributed by atoms with Crippen molar-refractivity contribution >= 4 is 45.9 Å². The van der Waals surface area contributed by atoms with Crippen molar-refractivity contribution in [2.24, 2.45) is 5.73 Å². The van der Waals surface area contributed by atoms with Gasteiger partial charge in [-0.05, 0) is 50.1 Å². The Morgan fingerprint density at radius 2 is 1.87 bits per heavy atom. The average molecular weight is 682 g/mol. The summed E-state index contributed by atoms with van der Waals surface area (Å²) in [6.45, 7) is -0.442. The van der Waals surface area contributed by atoms with E-state index in [0.717, 1.165) is 31.0 Å². The number of amides is 2. The van der Waals surface area contributed by atoms with E-state index in [-0.39, 0.29) is 50.9 Å². The number of halogens is 6. The second kappa shape index (κ2) is 11.0. The van der Waals surface area contributed by atoms with E-state index in [1.165, 1.54) is 26.2 Å². The molecule has 46 heavy (non-hydrogen) atoms. The van der Waals surface area contributed by atoms with Crippen LogP contribution in [0.25, 0.3) is 22.2 Å². The third-order valence-electron chi connectivity index (χ3n) is 8.25. The number of nitrogens with two attached hydrogens (primary N) is 1. The highest BCUT2D eigenvalue weighted by molar-refractivity contribution is 6.39. The van der Waals surface area contributed by atoms with Gasteiger partial charge in [0, 0.05) is 28.3 Å². The summed E-state index contributed by atoms with van der Waals surface area (Å²) in [7, 11) is 1.37. The number of ether oxygens (including phenoxy) is 2. The van der Waals surface area contributed by atoms with E-state index in [0.29, 0.717) is 10.9 Å². The third-order valence-corrected chi connectivity index (χ3v) is 8.85. The van der Waals surface area contributed by atoms with E-state index < -0.39 is 52.8 Å². The molecule has 4 aromatic rings. The first-order valence-electron chi connectivity index (χ1n) is 13.8. The summed E-state index contributed by atoms with van der Waals surface area (Å²) in [6.07, 6.45) is -1.81. The molecule has 0 spiro atoms. The Hall–Kier alpha value is -4.14. The Labute approximate surface area is 268 Å². The van der Waals surface area contributed by atoms with Crippen LogP contribution in [0.2, 0.25) is 10.0 Å². The van der Waals surface area contributed by atoms with Gasteiger partial charge in [-0.25, -0.2) is 9.37 Å². The zero-order valence-electron chi connectivity index (χ0n) is 24.1. The van der Waals surface area contributed by atoms with Gasteiger partial charge in [0.05, 0.1) is 35.4 Å². The number of primary amides is 1. The summed E-state index contributed by atoms with van der Waals surface area (Å²) in [5.74, 6) is -2.68. The van der Waals surface area contributed by atoms with Gasteiger partial charge in [-0.2, -0.15) is 18.3 Å². The molecular weight excluding hydrogens is 657 g/mol. The number of benzene rings is 2. The molecule has 2 amide bonds. The third kappa shape index (κ3) is 5.17. The number of alkyl halides is 3. The van der Waals surface area contributed by atoms with Crippen molar-refractivity contribution < 1.29 is 41.7 Å². The van der Waals surface area contributed by atoms with Crippen LogP contribution in [0, 0.1) is 5.82 Å². The number of hydrogen-bond donors (Lipinski definition) is 3. The summed E-state index contributed by atoms with van der Waals surface area (Å²) >= 11 is 12.5. The van der Waals surface area contributed by atoms with Gasteiger partial charge < -0.3 is 25.6 Å². The summed E-state index contributed by atoms with van der Waals surface area (Å²) in [5, 5.41) is 17.8. The first kappa shape index (κ1) is 31.8. The Morgan fingerprint density at radius 3 is 2.46 bits per heavy atom. The molecule has 0 saturated heterocycles. The summed E-state index contributed by atoms with van der Waals surface area (Å²) in [5.41, 5.74) is -1.23. The SMILES string of the molecule is COc1cc(C(=O)NCC(O)(c2cc3c(c(-c4c(Cl)cc(F)cc4Cl)n2)OC[C@]3(C)C(N)=O)C(F)(F)F)cc2cn(C3CC3)nc12. The van der Waals surface area contributed by atoms with Crippen molar-refractivity contribution in [2.45, 2.75) is 43.0 Å². The standard InChI is InChI=1S/C30H25Cl2F4N5O5/c1-28(27(37)43)12-46-25-17(28)9-21(39-24(25)22-18(31)7-15(33)8-19(22)32)29(44,30(34,35)36)11-38-26(42)13-5-14-10-41(16-3-4-16)40-23(14)20(6-13)45-2/h5-10,16,44H,3-4,11-12H2,1-2H3,(H2,37,43)(H,38,42)/t28-,29?/m0/s1. The van der Waals surface area contributed by atoms with Crippen LogP contribution in [-0.2, 0) is 15.8 Å². The van der Waals surface area contributed by atoms with E-state index >= 15 is 0 Å². The number of carbonyl (C=O) groups excluding carboxylic acids is 2. The fourth-order valence-electron chi connectivity index (χ4n) is 5.32. The maximum Gasteiger partial charge on any atom is 0.424 e. The average Bonchev–Trinajstić information content (AvgIpc) is 3.65. The van der Waals surface area contributed by atoms with E-state index in [1.54, 1.807) is 10.9 Å². The quantitative estimate of drug-likeness (QED) is 0.217. The minimum absolute atomic E-state index is 0.0496. The van der Waals surface area contributed by atoms with Crippen LogP contribution in [-0.4, -0.2) is 58.1 Å². The molecule has 2 aromatic carbocycles. The molecule has 4 N–H and O–H groups in total. The van der Waals surface area contributed by atoms with Crippen LogP contribution in [0.5, 0.6) is 11.5 Å². The molecule has 1 saturated carbocycles. The van der Waals surface area contributed by atoms with Gasteiger partial charge >= 0.3 is 6.18 Å². The highest BCUT2D eigenvalue weighted by Gasteiger charge is 2.58. The lowest BCUT2D eigenvalue weighted by Crippen LogP contribution is -2.51. The van der Waals surface area contributed by atoms with Crippen molar-refractivity contribution in [3.05, 3.63) is 69.2 Å². The molecule has 2 aliphatic rings. The fraction of sp³-hybridized carbons (Fsp3) is 0.333. The Kier molecular flexibility index (Phi) is 7.60. The molecule has 16 heteroatoms. The van der Waals surface area contributed by atoms with Gasteiger partial charge in [0.25, 0.3) is 5.91 Å². The monoisotopic (exact) mass is 681 g/mol. The van der Waals surface area contributed by atoms with Crippen LogP contribution in [0.1, 0.15) is 47.4 Å². The lowest BCUT2D eigenvalue weighted by atomic mass is 9.81. The topological polar surface area (TPSA) is 142 Å². The van der Waals surface area contributed by atoms with Crippen LogP contribution >= 0.6 is 23.2 Å². The Bertz CT molecular complexity index is 1910. The number of nitrogens with zero attached hydrogens (tertiary/aromatic N) is 3. The number of aromatic nitrogens is 3. The Morgan fingerprint density at radius 1 is 1.20 bits per heavy atom. The lowest BCUT2D eigenvalue weighted by molar-refractivity contribution is -0.265. The van der Waals surface area contributed by atoms with Crippen molar-refractivity contribution in [1.82, 2.24) is 20.1 Å². The molecule has 1 fully saturated rings. The molecule has 1 aliphatic carbocycles. The minimum atomic E-state index is -5.43. The number of rotatable bonds is 8. The molecular formula is C30H25Cl2F4N5O5. The van der Waals surface area contributed by atoms with Crippen LogP contribution in [0.15, 0.2) is 36.5 Å². The van der Waals surface area contributed by atoms with Crippen molar-refractivity contribution in [2.75, 3.05) is 20.3 Å². The normalized spacial score (nSPS) is 19.0. The second-order valence-corrected chi connectivity index (χ2v) is 12.3. The first-order chi connectivity index (χ1) is 21.6. The maximum atomic E-state index is 14.8. The molecule has 1 unspecified atom stereocenters. The van der Waals surface area contributed by atoms with Crippen molar-refractivity contribution in [3.63, 3.8) is 0 Å². The van der Waals surface area contributed by atoms with E-state index in [9.17, 15) is 32.3 Å². The zero-order valence-corrected chi connectivity index (χ0v) is 25.6. The predicted molar refractivity (Wildman–Crippen MR) is 159 cm³/mol. The van der Waals surface area contributed by atoms with Crippen molar-refractivity contribution in [3.8, 4) is 22.8 Å². The molecule has 2 atom stereocenters. The van der Waals surface area contributed by atoms with Gasteiger partial charge in [-0.15, -0.1) is 0 Å². The molecule has 0 radical (unpaired) electrons. The Balaban J connectivity index is 1.43. The molecule has 0 bridgehead atoms. The number of methoxy groups -OCH3 is 1. The molecule has 2 aromatic heterocycles. The summed E-state index contributed by atoms with van der Waals surface area (Å²) < 4.78 is 71.2. The van der Waals surface area contributed by atoms with Crippen LogP contribution in [0.4, 0.5) is 17.6 Å². The molecule has 1 aliphatic heterocycles. The lowest BCUT2D eigenvalue weighted by Gasteiger charge is -2.31. The number of pyridine rings is 1. The van der Waals surface area contributed by atoms with Gasteiger partial charge in [-0.1, -0.05) is 23.2 Å². The fourth-order valence-corrected chi connectivity index (χ4v) is 5.96. The number of fused-ring (bicyclic) bond motifs is 2. The van der Waals surface area contributed by atoms with Gasteiger partial charge in [-0.3, -0.25) is 14.3 Å². The highest BCUT2D eigenvalue weighted by atomic mass is 35.5. The van der Waals surface area contributed by atoms with E-state index in [1.807, 2.05) is 0 Å². The van der Waals surface area contributed by atoms with Gasteiger partial charge in [0.2, 0.25) is 11.5 Å². The summed E-state index contributed by atoms with van der Waals surface area (Å²) in [4.78, 5) is 29.8. The largest absolute Gasteiger partial charge is 0.494 e. The van der Waals surface area contributed by atoms with Crippen LogP contribution in [0.3, 0.4) is 0 Å². The zero-order chi connectivity index (χ0) is 33.3. The molecule has 242 valence electrons. The number of hydrogen-bond acceptors (Lipinski definition) is 7. The second-order valence-electron chi connectivity index (χ2n) is 11.5. The van der Waals surface area contributed by atoms with E-state index in [4.69, 9.17) is 38.4 Å². The first-order valence-corrected chi connectivity index (χ1v) is 14.6. The van der Waals surface area contributed by atoms with Crippen LogP contribution < -0.4 is 20.5 Å². The number of nitrogens with one attached hydrogen (secondary N) is 1. The highest BCUT2D eigenvalue weighted by Crippen LogP contribution is 2.50. The smallest absolute Gasteiger partial charge is 0.424 e. The van der Waals surface area contributed by atoms with Gasteiger partial charge in [0.1, 0.15) is 40.5 Å². The van der Waals surface area contributed by atoms with Crippen molar-refractivity contribution in [1.29, 1.82) is 0 Å². The minimum Gasteiger partial charge on any atom is -0.494 e. The molecule has 6 rings (SSSR count). The van der Waals surface area contributed by atoms with E-state index in [2.05, 4.69) is 15.4 Å². The predicted octanol–water partition coefficient (Wildman–Crippen LogP) is 5.20. The molecule has 10 nitrogen and oxygen atoms in total. The van der Waals surface area contributed by atoms with Gasteiger partial charge in [0.15, 0.2) is 0 Å².